The number of piperazine rings is 1. The molecule has 120 valence electrons. The van der Waals surface area contributed by atoms with Crippen molar-refractivity contribution in [3.05, 3.63) is 11.8 Å². The van der Waals surface area contributed by atoms with Crippen LogP contribution >= 0.6 is 0 Å². The number of methoxy groups -OCH3 is 1. The largest absolute Gasteiger partial charge is 0.466 e. The highest BCUT2D eigenvalue weighted by molar-refractivity contribution is 5.93. The first-order valence-electron chi connectivity index (χ1n) is 6.92. The van der Waals surface area contributed by atoms with Gasteiger partial charge in [0.05, 0.1) is 20.1 Å². The predicted octanol–water partition coefficient (Wildman–Crippen LogP) is -0.289. The Balaban J connectivity index is 2.87. The molecule has 0 spiro atoms. The van der Waals surface area contributed by atoms with E-state index < -0.39 is 18.0 Å². The highest BCUT2D eigenvalue weighted by Crippen LogP contribution is 2.13. The van der Waals surface area contributed by atoms with Gasteiger partial charge in [-0.15, -0.1) is 0 Å². The summed E-state index contributed by atoms with van der Waals surface area (Å²) in [6, 6.07) is 0.906. The van der Waals surface area contributed by atoms with Crippen molar-refractivity contribution < 1.29 is 23.9 Å². The first-order valence-corrected chi connectivity index (χ1v) is 6.92. The molecule has 1 amide bonds. The van der Waals surface area contributed by atoms with Crippen LogP contribution in [0.4, 0.5) is 0 Å². The second-order valence-electron chi connectivity index (χ2n) is 4.62. The summed E-state index contributed by atoms with van der Waals surface area (Å²) in [5, 5.41) is 11.6. The van der Waals surface area contributed by atoms with E-state index in [9.17, 15) is 14.4 Å². The van der Waals surface area contributed by atoms with Gasteiger partial charge >= 0.3 is 11.9 Å². The van der Waals surface area contributed by atoms with E-state index in [-0.39, 0.29) is 24.5 Å². The molecule has 1 saturated heterocycles. The summed E-state index contributed by atoms with van der Waals surface area (Å²) in [6.07, 6.45) is 1.79. The molecule has 1 aliphatic rings. The lowest BCUT2D eigenvalue weighted by Gasteiger charge is -2.33. The lowest BCUT2D eigenvalue weighted by Crippen LogP contribution is -2.54. The summed E-state index contributed by atoms with van der Waals surface area (Å²) in [6.45, 7) is 2.88. The molecule has 0 radical (unpaired) electrons. The van der Waals surface area contributed by atoms with Gasteiger partial charge in [0.15, 0.2) is 5.57 Å². The molecule has 0 aliphatic carbocycles. The van der Waals surface area contributed by atoms with Crippen LogP contribution in [-0.4, -0.2) is 55.6 Å². The maximum absolute atomic E-state index is 11.9. The summed E-state index contributed by atoms with van der Waals surface area (Å²) in [5.41, 5.74) is -0.232. The minimum atomic E-state index is -0.814. The van der Waals surface area contributed by atoms with Crippen molar-refractivity contribution in [1.82, 2.24) is 10.2 Å². The first kappa shape index (κ1) is 17.5. The number of carbonyl (C=O) groups excluding carboxylic acids is 3. The molecule has 0 saturated carbocycles. The molecule has 0 aromatic heterocycles. The summed E-state index contributed by atoms with van der Waals surface area (Å²) < 4.78 is 9.46. The van der Waals surface area contributed by atoms with Crippen LogP contribution in [0.2, 0.25) is 0 Å². The zero-order valence-corrected chi connectivity index (χ0v) is 12.6. The molecular weight excluding hydrogens is 290 g/mol. The summed E-state index contributed by atoms with van der Waals surface area (Å²) in [7, 11) is 1.16. The molecule has 1 unspecified atom stereocenters. The van der Waals surface area contributed by atoms with E-state index in [2.05, 4.69) is 10.1 Å². The average Bonchev–Trinajstić information content (AvgIpc) is 2.52. The van der Waals surface area contributed by atoms with Crippen molar-refractivity contribution in [2.24, 2.45) is 0 Å². The van der Waals surface area contributed by atoms with Gasteiger partial charge in [-0.05, 0) is 6.42 Å². The lowest BCUT2D eigenvalue weighted by atomic mass is 10.1. The maximum Gasteiger partial charge on any atom is 0.350 e. The van der Waals surface area contributed by atoms with Crippen LogP contribution in [0.5, 0.6) is 0 Å². The number of ether oxygens (including phenoxy) is 2. The maximum atomic E-state index is 11.9. The second kappa shape index (κ2) is 8.67. The van der Waals surface area contributed by atoms with E-state index in [1.807, 2.05) is 6.92 Å². The number of esters is 2. The van der Waals surface area contributed by atoms with Gasteiger partial charge in [0.2, 0.25) is 5.91 Å². The third-order valence-corrected chi connectivity index (χ3v) is 3.02. The molecule has 0 aromatic rings. The first-order chi connectivity index (χ1) is 10.5. The second-order valence-corrected chi connectivity index (χ2v) is 4.62. The Morgan fingerprint density at radius 3 is 2.86 bits per heavy atom. The van der Waals surface area contributed by atoms with Crippen LogP contribution in [0.15, 0.2) is 11.8 Å². The number of rotatable bonds is 6. The molecular formula is C14H19N3O5. The fourth-order valence-electron chi connectivity index (χ4n) is 1.93. The van der Waals surface area contributed by atoms with E-state index in [1.165, 1.54) is 11.1 Å². The van der Waals surface area contributed by atoms with Crippen molar-refractivity contribution in [2.45, 2.75) is 25.8 Å². The highest BCUT2D eigenvalue weighted by Gasteiger charge is 2.31. The van der Waals surface area contributed by atoms with Gasteiger partial charge in [-0.1, -0.05) is 6.92 Å². The van der Waals surface area contributed by atoms with Crippen molar-refractivity contribution in [1.29, 1.82) is 5.26 Å². The van der Waals surface area contributed by atoms with Crippen LogP contribution in [0, 0.1) is 11.3 Å². The fourth-order valence-corrected chi connectivity index (χ4v) is 1.93. The third-order valence-electron chi connectivity index (χ3n) is 3.02. The van der Waals surface area contributed by atoms with E-state index in [0.717, 1.165) is 7.11 Å². The number of amides is 1. The molecule has 8 heteroatoms. The number of carbonyl (C=O) groups is 3. The SMILES string of the molecule is CCCOC(=O)CC1C(=O)NCCN1/C=C(\C#N)C(=O)OC. The molecule has 1 N–H and O–H groups in total. The number of hydrogen-bond acceptors (Lipinski definition) is 7. The normalized spacial score (nSPS) is 18.2. The van der Waals surface area contributed by atoms with Crippen molar-refractivity contribution in [3.8, 4) is 6.07 Å². The van der Waals surface area contributed by atoms with Gasteiger partial charge in [-0.25, -0.2) is 4.79 Å². The standard InChI is InChI=1S/C14H19N3O5/c1-3-6-22-12(18)7-11-13(19)16-4-5-17(11)9-10(8-15)14(20)21-2/h9,11H,3-7H2,1-2H3,(H,16,19)/b10-9+. The molecule has 0 bridgehead atoms. The minimum absolute atomic E-state index is 0.151. The van der Waals surface area contributed by atoms with Gasteiger partial charge in [0.1, 0.15) is 12.1 Å². The number of nitrogens with zero attached hydrogens (tertiary/aromatic N) is 2. The Morgan fingerprint density at radius 2 is 2.27 bits per heavy atom. The van der Waals surface area contributed by atoms with Gasteiger partial charge in [0.25, 0.3) is 0 Å². The minimum Gasteiger partial charge on any atom is -0.466 e. The average molecular weight is 309 g/mol. The molecule has 22 heavy (non-hydrogen) atoms. The van der Waals surface area contributed by atoms with Crippen LogP contribution in [0.25, 0.3) is 0 Å². The van der Waals surface area contributed by atoms with Crippen molar-refractivity contribution in [3.63, 3.8) is 0 Å². The number of nitriles is 1. The summed E-state index contributed by atoms with van der Waals surface area (Å²) in [5.74, 6) is -1.64. The lowest BCUT2D eigenvalue weighted by molar-refractivity contribution is -0.147. The Hall–Kier alpha value is -2.56. The Kier molecular flexibility index (Phi) is 6.89. The summed E-state index contributed by atoms with van der Waals surface area (Å²) >= 11 is 0. The molecule has 1 rings (SSSR count). The fraction of sp³-hybridized carbons (Fsp3) is 0.571. The molecule has 8 nitrogen and oxygen atoms in total. The van der Waals surface area contributed by atoms with Gasteiger partial charge in [0, 0.05) is 19.3 Å². The predicted molar refractivity (Wildman–Crippen MR) is 75.1 cm³/mol. The molecule has 1 heterocycles. The van der Waals surface area contributed by atoms with Gasteiger partial charge < -0.3 is 19.7 Å². The van der Waals surface area contributed by atoms with E-state index in [4.69, 9.17) is 10.00 Å². The van der Waals surface area contributed by atoms with Gasteiger partial charge in [-0.3, -0.25) is 9.59 Å². The van der Waals surface area contributed by atoms with Gasteiger partial charge in [-0.2, -0.15) is 5.26 Å². The Morgan fingerprint density at radius 1 is 1.55 bits per heavy atom. The van der Waals surface area contributed by atoms with Crippen molar-refractivity contribution >= 4 is 17.8 Å². The molecule has 1 aliphatic heterocycles. The highest BCUT2D eigenvalue weighted by atomic mass is 16.5. The topological polar surface area (TPSA) is 109 Å². The van der Waals surface area contributed by atoms with Crippen LogP contribution in [0.3, 0.4) is 0 Å². The van der Waals surface area contributed by atoms with Crippen molar-refractivity contribution in [2.75, 3.05) is 26.8 Å². The zero-order valence-electron chi connectivity index (χ0n) is 12.6. The molecule has 1 atom stereocenters. The quantitative estimate of drug-likeness (QED) is 0.408. The Labute approximate surface area is 128 Å². The van der Waals surface area contributed by atoms with Crippen LogP contribution < -0.4 is 5.32 Å². The smallest absolute Gasteiger partial charge is 0.350 e. The van der Waals surface area contributed by atoms with E-state index in [1.54, 1.807) is 6.07 Å². The Bertz CT molecular complexity index is 509. The molecule has 0 aromatic carbocycles. The number of hydrogen-bond donors (Lipinski definition) is 1. The molecule has 1 fully saturated rings. The third kappa shape index (κ3) is 4.77. The van der Waals surface area contributed by atoms with E-state index >= 15 is 0 Å². The number of nitrogens with one attached hydrogen (secondary N) is 1. The zero-order chi connectivity index (χ0) is 16.5. The van der Waals surface area contributed by atoms with Crippen LogP contribution in [0.1, 0.15) is 19.8 Å². The van der Waals surface area contributed by atoms with E-state index in [0.29, 0.717) is 19.5 Å². The summed E-state index contributed by atoms with van der Waals surface area (Å²) in [4.78, 5) is 36.6. The van der Waals surface area contributed by atoms with Crippen LogP contribution in [-0.2, 0) is 23.9 Å². The monoisotopic (exact) mass is 309 g/mol.